The number of carbonyl (C=O) groups is 2. The molecule has 1 aliphatic heterocycles. The molecule has 0 N–H and O–H groups in total. The van der Waals surface area contributed by atoms with E-state index in [4.69, 9.17) is 0 Å². The number of hydrogen-bond donors (Lipinski definition) is 0. The van der Waals surface area contributed by atoms with E-state index in [0.29, 0.717) is 5.52 Å². The summed E-state index contributed by atoms with van der Waals surface area (Å²) in [5.41, 5.74) is -4.38. The van der Waals surface area contributed by atoms with Crippen LogP contribution in [-0.2, 0) is 21.2 Å². The molecule has 0 aliphatic carbocycles. The number of sulfone groups is 1. The smallest absolute Gasteiger partial charge is 0.378 e. The van der Waals surface area contributed by atoms with Crippen molar-refractivity contribution in [3.05, 3.63) is 60.3 Å². The highest BCUT2D eigenvalue weighted by atomic mass is 32.2. The number of urea groups is 1. The van der Waals surface area contributed by atoms with Gasteiger partial charge < -0.3 is 9.80 Å². The first-order valence-electron chi connectivity index (χ1n) is 10.8. The summed E-state index contributed by atoms with van der Waals surface area (Å²) in [4.78, 5) is 34.2. The van der Waals surface area contributed by atoms with Crippen LogP contribution in [0.3, 0.4) is 0 Å². The second-order valence-corrected chi connectivity index (χ2v) is 11.0. The number of halogens is 3. The maximum Gasteiger partial charge on any atom is 0.501 e. The van der Waals surface area contributed by atoms with Crippen LogP contribution in [0.25, 0.3) is 10.9 Å². The van der Waals surface area contributed by atoms with Crippen LogP contribution in [0.15, 0.2) is 59.6 Å². The molecule has 2 heterocycles. The fourth-order valence-corrected chi connectivity index (χ4v) is 4.78. The number of pyridine rings is 1. The van der Waals surface area contributed by atoms with E-state index in [0.717, 1.165) is 45.8 Å². The van der Waals surface area contributed by atoms with E-state index < -0.39 is 37.7 Å². The fourth-order valence-electron chi connectivity index (χ4n) is 4.01. The lowest BCUT2D eigenvalue weighted by Gasteiger charge is -2.28. The molecular formula is C24H23F3N4O4S. The molecule has 8 nitrogen and oxygen atoms in total. The van der Waals surface area contributed by atoms with Crippen LogP contribution in [0.1, 0.15) is 19.4 Å². The van der Waals surface area contributed by atoms with Crippen LogP contribution < -0.4 is 9.80 Å². The van der Waals surface area contributed by atoms with Gasteiger partial charge in [-0.3, -0.25) is 9.78 Å². The van der Waals surface area contributed by atoms with Gasteiger partial charge >= 0.3 is 11.5 Å². The molecule has 2 aromatic carbocycles. The van der Waals surface area contributed by atoms with Crippen LogP contribution in [-0.4, -0.2) is 55.4 Å². The molecule has 190 valence electrons. The second kappa shape index (κ2) is 8.47. The van der Waals surface area contributed by atoms with Gasteiger partial charge in [-0.05, 0) is 67.9 Å². The van der Waals surface area contributed by atoms with E-state index >= 15 is 0 Å². The van der Waals surface area contributed by atoms with Crippen LogP contribution >= 0.6 is 0 Å². The van der Waals surface area contributed by atoms with E-state index in [2.05, 4.69) is 4.98 Å². The maximum atomic E-state index is 13.4. The van der Waals surface area contributed by atoms with Gasteiger partial charge in [-0.2, -0.15) is 13.2 Å². The van der Waals surface area contributed by atoms with Crippen molar-refractivity contribution < 1.29 is 31.2 Å². The molecule has 12 heteroatoms. The molecule has 3 amide bonds. The van der Waals surface area contributed by atoms with Gasteiger partial charge in [0, 0.05) is 37.9 Å². The number of hydrogen-bond acceptors (Lipinski definition) is 6. The van der Waals surface area contributed by atoms with E-state index in [1.54, 1.807) is 26.1 Å². The van der Waals surface area contributed by atoms with Crippen LogP contribution in [0.2, 0.25) is 0 Å². The fraction of sp³-hybridized carbons (Fsp3) is 0.292. The normalized spacial score (nSPS) is 16.2. The Labute approximate surface area is 205 Å². The number of aromatic nitrogens is 1. The summed E-state index contributed by atoms with van der Waals surface area (Å²) < 4.78 is 61.9. The maximum absolute atomic E-state index is 13.4. The highest BCUT2D eigenvalue weighted by Gasteiger charge is 2.52. The van der Waals surface area contributed by atoms with E-state index in [1.807, 2.05) is 37.2 Å². The number of benzene rings is 2. The minimum absolute atomic E-state index is 0.0313. The SMILES string of the molecule is CN(C)c1ccc2nccc(CN3C(=O)N(c4ccc(S(=O)(=O)C(F)(F)F)cc4)C(=O)C3(C)C)c2c1. The minimum atomic E-state index is -5.56. The quantitative estimate of drug-likeness (QED) is 0.465. The summed E-state index contributed by atoms with van der Waals surface area (Å²) >= 11 is 0. The van der Waals surface area contributed by atoms with Crippen molar-refractivity contribution in [1.82, 2.24) is 9.88 Å². The number of carbonyl (C=O) groups excluding carboxylic acids is 2. The van der Waals surface area contributed by atoms with Crippen molar-refractivity contribution in [3.8, 4) is 0 Å². The number of imide groups is 1. The van der Waals surface area contributed by atoms with Crippen molar-refractivity contribution in [2.24, 2.45) is 0 Å². The van der Waals surface area contributed by atoms with Gasteiger partial charge in [0.25, 0.3) is 15.7 Å². The Morgan fingerprint density at radius 1 is 1.00 bits per heavy atom. The number of rotatable bonds is 5. The third-order valence-corrected chi connectivity index (χ3v) is 7.70. The predicted octanol–water partition coefficient (Wildman–Crippen LogP) is 4.34. The van der Waals surface area contributed by atoms with Gasteiger partial charge in [-0.25, -0.2) is 18.1 Å². The summed E-state index contributed by atoms with van der Waals surface area (Å²) in [6.07, 6.45) is 1.61. The molecule has 1 saturated heterocycles. The lowest BCUT2D eigenvalue weighted by Crippen LogP contribution is -2.43. The predicted molar refractivity (Wildman–Crippen MR) is 128 cm³/mol. The van der Waals surface area contributed by atoms with Crippen LogP contribution in [0.4, 0.5) is 29.3 Å². The van der Waals surface area contributed by atoms with Crippen LogP contribution in [0.5, 0.6) is 0 Å². The number of nitrogens with zero attached hydrogens (tertiary/aromatic N) is 4. The molecule has 0 radical (unpaired) electrons. The first kappa shape index (κ1) is 25.4. The summed E-state index contributed by atoms with van der Waals surface area (Å²) in [5.74, 6) is -0.591. The summed E-state index contributed by atoms with van der Waals surface area (Å²) in [7, 11) is -1.77. The minimum Gasteiger partial charge on any atom is -0.378 e. The highest BCUT2D eigenvalue weighted by Crippen LogP contribution is 2.36. The largest absolute Gasteiger partial charge is 0.501 e. The van der Waals surface area contributed by atoms with Gasteiger partial charge in [0.15, 0.2) is 0 Å². The van der Waals surface area contributed by atoms with E-state index in [9.17, 15) is 31.2 Å². The van der Waals surface area contributed by atoms with Gasteiger partial charge in [0.05, 0.1) is 16.1 Å². The Hall–Kier alpha value is -3.67. The number of anilines is 2. The van der Waals surface area contributed by atoms with Crippen molar-refractivity contribution in [3.63, 3.8) is 0 Å². The second-order valence-electron chi connectivity index (χ2n) is 9.08. The van der Waals surface area contributed by atoms with Gasteiger partial charge in [-0.1, -0.05) is 0 Å². The molecule has 0 unspecified atom stereocenters. The van der Waals surface area contributed by atoms with E-state index in [-0.39, 0.29) is 12.2 Å². The average Bonchev–Trinajstić information content (AvgIpc) is 2.97. The van der Waals surface area contributed by atoms with Crippen molar-refractivity contribution in [1.29, 1.82) is 0 Å². The average molecular weight is 521 g/mol. The zero-order valence-electron chi connectivity index (χ0n) is 19.9. The first-order chi connectivity index (χ1) is 16.7. The zero-order valence-corrected chi connectivity index (χ0v) is 20.7. The lowest BCUT2D eigenvalue weighted by atomic mass is 10.0. The molecule has 4 rings (SSSR count). The van der Waals surface area contributed by atoms with Gasteiger partial charge in [0.1, 0.15) is 5.54 Å². The Balaban J connectivity index is 1.69. The lowest BCUT2D eigenvalue weighted by molar-refractivity contribution is -0.123. The number of amides is 3. The summed E-state index contributed by atoms with van der Waals surface area (Å²) in [6.45, 7) is 3.22. The Kier molecular flexibility index (Phi) is 5.98. The molecule has 0 saturated carbocycles. The Bertz CT molecular complexity index is 1470. The molecule has 0 spiro atoms. The molecule has 1 fully saturated rings. The van der Waals surface area contributed by atoms with Gasteiger partial charge in [0.2, 0.25) is 0 Å². The van der Waals surface area contributed by atoms with Crippen molar-refractivity contribution >= 4 is 44.1 Å². The van der Waals surface area contributed by atoms with Gasteiger partial charge in [-0.15, -0.1) is 0 Å². The molecule has 0 bridgehead atoms. The first-order valence-corrected chi connectivity index (χ1v) is 12.3. The number of alkyl halides is 3. The molecule has 36 heavy (non-hydrogen) atoms. The summed E-state index contributed by atoms with van der Waals surface area (Å²) in [6, 6.07) is 10.3. The number of fused-ring (bicyclic) bond motifs is 1. The monoisotopic (exact) mass is 520 g/mol. The zero-order chi connectivity index (χ0) is 26.6. The Morgan fingerprint density at radius 3 is 2.22 bits per heavy atom. The third-order valence-electron chi connectivity index (χ3n) is 6.19. The molecule has 0 atom stereocenters. The molecule has 1 aromatic heterocycles. The summed E-state index contributed by atoms with van der Waals surface area (Å²) in [5, 5.41) is 0.805. The standard InChI is InChI=1S/C24H23F3N4O4S/c1-23(2)21(32)31(16-5-8-18(9-6-16)36(34,35)24(25,26)27)22(33)30(23)14-15-11-12-28-20-10-7-17(29(3)4)13-19(15)20/h5-13H,14H2,1-4H3. The third kappa shape index (κ3) is 4.04. The molecular weight excluding hydrogens is 497 g/mol. The highest BCUT2D eigenvalue weighted by molar-refractivity contribution is 7.92. The van der Waals surface area contributed by atoms with Crippen LogP contribution in [0, 0.1) is 0 Å². The van der Waals surface area contributed by atoms with Crippen molar-refractivity contribution in [2.45, 2.75) is 36.3 Å². The van der Waals surface area contributed by atoms with E-state index in [1.165, 1.54) is 4.90 Å². The Morgan fingerprint density at radius 2 is 1.64 bits per heavy atom. The van der Waals surface area contributed by atoms with Crippen molar-refractivity contribution in [2.75, 3.05) is 23.9 Å². The molecule has 3 aromatic rings. The molecule has 1 aliphatic rings. The topological polar surface area (TPSA) is 90.9 Å².